The molecule has 0 fully saturated rings. The molecule has 1 aliphatic carbocycles. The fraction of sp³-hybridized carbons (Fsp3) is 0.333. The number of likely N-dealkylation sites (N-methyl/N-ethyl adjacent to an activating group) is 1. The molecule has 0 heterocycles. The van der Waals surface area contributed by atoms with Gasteiger partial charge in [-0.05, 0) is 43.2 Å². The lowest BCUT2D eigenvalue weighted by Crippen LogP contribution is -2.22. The van der Waals surface area contributed by atoms with Crippen molar-refractivity contribution in [2.75, 3.05) is 7.05 Å². The van der Waals surface area contributed by atoms with Crippen molar-refractivity contribution in [2.24, 2.45) is 0 Å². The van der Waals surface area contributed by atoms with E-state index < -0.39 is 0 Å². The number of hydrogen-bond donors (Lipinski definition) is 1. The lowest BCUT2D eigenvalue weighted by Gasteiger charge is -2.13. The van der Waals surface area contributed by atoms with Gasteiger partial charge in [-0.25, -0.2) is 0 Å². The molecule has 0 aromatic heterocycles. The van der Waals surface area contributed by atoms with Crippen molar-refractivity contribution >= 4 is 21.5 Å². The van der Waals surface area contributed by atoms with Gasteiger partial charge < -0.3 is 5.32 Å². The predicted octanol–water partition coefficient (Wildman–Crippen LogP) is 3.00. The van der Waals surface area contributed by atoms with Crippen molar-refractivity contribution in [3.05, 3.63) is 39.9 Å². The summed E-state index contributed by atoms with van der Waals surface area (Å²) >= 11 is 3.59. The zero-order valence-corrected chi connectivity index (χ0v) is 10.1. The maximum absolute atomic E-state index is 3.59. The van der Waals surface area contributed by atoms with E-state index in [9.17, 15) is 0 Å². The second-order valence-corrected chi connectivity index (χ2v) is 4.49. The van der Waals surface area contributed by atoms with Crippen LogP contribution in [0.15, 0.2) is 28.7 Å². The summed E-state index contributed by atoms with van der Waals surface area (Å²) < 4.78 is 1.23. The normalized spacial score (nSPS) is 16.4. The summed E-state index contributed by atoms with van der Waals surface area (Å²) in [5, 5.41) is 3.28. The Kier molecular flexibility index (Phi) is 2.75. The van der Waals surface area contributed by atoms with E-state index in [4.69, 9.17) is 0 Å². The Morgan fingerprint density at radius 3 is 2.93 bits per heavy atom. The monoisotopic (exact) mass is 251 g/mol. The Balaban J connectivity index is 2.42. The number of halogens is 1. The molecule has 1 nitrogen and oxygen atoms in total. The van der Waals surface area contributed by atoms with Crippen molar-refractivity contribution in [3.63, 3.8) is 0 Å². The molecule has 1 aromatic carbocycles. The van der Waals surface area contributed by atoms with Crippen molar-refractivity contribution in [2.45, 2.75) is 19.4 Å². The zero-order valence-electron chi connectivity index (χ0n) is 8.47. The molecule has 0 bridgehead atoms. The third-order valence-corrected chi connectivity index (χ3v) is 3.60. The lowest BCUT2D eigenvalue weighted by molar-refractivity contribution is 0.745. The molecule has 0 radical (unpaired) electrons. The highest BCUT2D eigenvalue weighted by Crippen LogP contribution is 2.34. The summed E-state index contributed by atoms with van der Waals surface area (Å²) in [6, 6.07) is 6.85. The van der Waals surface area contributed by atoms with Gasteiger partial charge in [-0.2, -0.15) is 0 Å². The maximum Gasteiger partial charge on any atom is 0.0292 e. The largest absolute Gasteiger partial charge is 0.313 e. The van der Waals surface area contributed by atoms with Crippen molar-refractivity contribution in [1.82, 2.24) is 5.32 Å². The molecule has 1 aromatic rings. The highest BCUT2D eigenvalue weighted by molar-refractivity contribution is 9.10. The quantitative estimate of drug-likeness (QED) is 0.853. The minimum absolute atomic E-state index is 0.436. The minimum Gasteiger partial charge on any atom is -0.313 e. The number of fused-ring (bicyclic) bond motifs is 1. The van der Waals surface area contributed by atoms with Crippen LogP contribution in [-0.4, -0.2) is 13.1 Å². The van der Waals surface area contributed by atoms with Gasteiger partial charge in [-0.15, -0.1) is 0 Å². The molecule has 0 aliphatic heterocycles. The van der Waals surface area contributed by atoms with E-state index in [0.29, 0.717) is 6.04 Å². The molecule has 2 heteroatoms. The molecule has 1 N–H and O–H groups in total. The molecule has 1 unspecified atom stereocenters. The lowest BCUT2D eigenvalue weighted by atomic mass is 10.0. The van der Waals surface area contributed by atoms with E-state index in [0.717, 1.165) is 6.42 Å². The Hall–Kier alpha value is -0.600. The fourth-order valence-electron chi connectivity index (χ4n) is 1.92. The van der Waals surface area contributed by atoms with Crippen molar-refractivity contribution in [1.29, 1.82) is 0 Å². The minimum atomic E-state index is 0.436. The Morgan fingerprint density at radius 2 is 2.21 bits per heavy atom. The van der Waals surface area contributed by atoms with Crippen molar-refractivity contribution in [3.8, 4) is 0 Å². The maximum atomic E-state index is 3.59. The zero-order chi connectivity index (χ0) is 10.1. The van der Waals surface area contributed by atoms with E-state index in [2.05, 4.69) is 52.4 Å². The van der Waals surface area contributed by atoms with E-state index in [1.807, 2.05) is 7.05 Å². The van der Waals surface area contributed by atoms with Crippen LogP contribution >= 0.6 is 15.9 Å². The molecule has 0 saturated heterocycles. The third kappa shape index (κ3) is 1.53. The van der Waals surface area contributed by atoms with Crippen LogP contribution in [0.25, 0.3) is 5.57 Å². The SMILES string of the molecule is CNC(C)C1=CCc2c(Br)cccc21. The number of hydrogen-bond acceptors (Lipinski definition) is 1. The van der Waals surface area contributed by atoms with Crippen molar-refractivity contribution < 1.29 is 0 Å². The number of rotatable bonds is 2. The summed E-state index contributed by atoms with van der Waals surface area (Å²) in [5.41, 5.74) is 4.23. The predicted molar refractivity (Wildman–Crippen MR) is 64.3 cm³/mol. The highest BCUT2D eigenvalue weighted by Gasteiger charge is 2.19. The molecule has 1 aliphatic rings. The van der Waals surface area contributed by atoms with E-state index >= 15 is 0 Å². The molecule has 0 saturated carbocycles. The fourth-order valence-corrected chi connectivity index (χ4v) is 2.45. The van der Waals surface area contributed by atoms with Gasteiger partial charge >= 0.3 is 0 Å². The first-order valence-electron chi connectivity index (χ1n) is 4.89. The average Bonchev–Trinajstić information content (AvgIpc) is 2.62. The first-order valence-corrected chi connectivity index (χ1v) is 5.68. The first-order chi connectivity index (χ1) is 6.74. The molecule has 0 amide bonds. The van der Waals surface area contributed by atoms with E-state index in [1.54, 1.807) is 0 Å². The molecular weight excluding hydrogens is 238 g/mol. The van der Waals surface area contributed by atoms with Gasteiger partial charge in [0.25, 0.3) is 0 Å². The highest BCUT2D eigenvalue weighted by atomic mass is 79.9. The smallest absolute Gasteiger partial charge is 0.0292 e. The average molecular weight is 252 g/mol. The van der Waals surface area contributed by atoms with Gasteiger partial charge in [-0.1, -0.05) is 34.1 Å². The molecule has 14 heavy (non-hydrogen) atoms. The van der Waals surface area contributed by atoms with Crippen LogP contribution in [-0.2, 0) is 6.42 Å². The van der Waals surface area contributed by atoms with Gasteiger partial charge in [0.1, 0.15) is 0 Å². The van der Waals surface area contributed by atoms with E-state index in [-0.39, 0.29) is 0 Å². The van der Waals surface area contributed by atoms with Gasteiger partial charge in [0.2, 0.25) is 0 Å². The van der Waals surface area contributed by atoms with Gasteiger partial charge in [-0.3, -0.25) is 0 Å². The van der Waals surface area contributed by atoms with Gasteiger partial charge in [0.05, 0.1) is 0 Å². The second-order valence-electron chi connectivity index (χ2n) is 3.64. The summed E-state index contributed by atoms with van der Waals surface area (Å²) in [4.78, 5) is 0. The van der Waals surface area contributed by atoms with Crippen LogP contribution in [0.1, 0.15) is 18.1 Å². The molecule has 74 valence electrons. The Morgan fingerprint density at radius 1 is 1.43 bits per heavy atom. The number of benzene rings is 1. The molecule has 1 atom stereocenters. The van der Waals surface area contributed by atoms with Crippen LogP contribution in [0, 0.1) is 0 Å². The summed E-state index contributed by atoms with van der Waals surface area (Å²) in [5.74, 6) is 0. The topological polar surface area (TPSA) is 12.0 Å². The summed E-state index contributed by atoms with van der Waals surface area (Å²) in [6.07, 6.45) is 3.37. The summed E-state index contributed by atoms with van der Waals surface area (Å²) in [6.45, 7) is 2.20. The van der Waals surface area contributed by atoms with Gasteiger partial charge in [0, 0.05) is 10.5 Å². The Bertz CT molecular complexity index is 382. The van der Waals surface area contributed by atoms with Crippen LogP contribution in [0.5, 0.6) is 0 Å². The molecule has 0 spiro atoms. The number of nitrogens with one attached hydrogen (secondary N) is 1. The number of allylic oxidation sites excluding steroid dienone is 1. The molecule has 2 rings (SSSR count). The third-order valence-electron chi connectivity index (χ3n) is 2.86. The first kappa shape index (κ1) is 9.94. The van der Waals surface area contributed by atoms with Crippen LogP contribution in [0.2, 0.25) is 0 Å². The van der Waals surface area contributed by atoms with Crippen LogP contribution in [0.4, 0.5) is 0 Å². The van der Waals surface area contributed by atoms with Crippen LogP contribution < -0.4 is 5.32 Å². The van der Waals surface area contributed by atoms with Gasteiger partial charge in [0.15, 0.2) is 0 Å². The standard InChI is InChI=1S/C12H14BrN/c1-8(14-2)9-6-7-11-10(9)4-3-5-12(11)13/h3-6,8,14H,7H2,1-2H3. The summed E-state index contributed by atoms with van der Waals surface area (Å²) in [7, 11) is 2.00. The van der Waals surface area contributed by atoms with E-state index in [1.165, 1.54) is 21.2 Å². The van der Waals surface area contributed by atoms with Crippen LogP contribution in [0.3, 0.4) is 0 Å². The Labute approximate surface area is 93.3 Å². The second kappa shape index (κ2) is 3.87. The molecular formula is C12H14BrN.